The third kappa shape index (κ3) is 5.07. The van der Waals surface area contributed by atoms with Gasteiger partial charge in [0, 0.05) is 51.2 Å². The zero-order valence-electron chi connectivity index (χ0n) is 19.1. The van der Waals surface area contributed by atoms with E-state index in [1.807, 2.05) is 22.9 Å². The van der Waals surface area contributed by atoms with E-state index >= 15 is 0 Å². The lowest BCUT2D eigenvalue weighted by molar-refractivity contribution is -0.385. The van der Waals surface area contributed by atoms with E-state index in [1.165, 1.54) is 19.2 Å². The lowest BCUT2D eigenvalue weighted by atomic mass is 10.1. The summed E-state index contributed by atoms with van der Waals surface area (Å²) in [4.78, 5) is 33.0. The highest BCUT2D eigenvalue weighted by Gasteiger charge is 2.29. The summed E-state index contributed by atoms with van der Waals surface area (Å²) in [6.45, 7) is 5.14. The summed E-state index contributed by atoms with van der Waals surface area (Å²) in [5.41, 5.74) is 1.44. The van der Waals surface area contributed by atoms with Crippen molar-refractivity contribution in [1.29, 1.82) is 0 Å². The summed E-state index contributed by atoms with van der Waals surface area (Å²) < 4.78 is 12.6. The van der Waals surface area contributed by atoms with Crippen LogP contribution in [0.2, 0.25) is 5.02 Å². The van der Waals surface area contributed by atoms with E-state index in [1.54, 1.807) is 17.9 Å². The summed E-state index contributed by atoms with van der Waals surface area (Å²) in [6.07, 6.45) is 4.51. The first-order chi connectivity index (χ1) is 16.4. The number of halogens is 1. The lowest BCUT2D eigenvalue weighted by Gasteiger charge is -2.22. The molecule has 1 aliphatic rings. The number of imidazole rings is 1. The molecule has 10 nitrogen and oxygen atoms in total. The van der Waals surface area contributed by atoms with Crippen molar-refractivity contribution in [1.82, 2.24) is 19.2 Å². The van der Waals surface area contributed by atoms with Gasteiger partial charge in [0.2, 0.25) is 0 Å². The highest BCUT2D eigenvalue weighted by molar-refractivity contribution is 6.30. The number of nitro benzene ring substituents is 1. The molecule has 0 radical (unpaired) electrons. The van der Waals surface area contributed by atoms with Crippen molar-refractivity contribution < 1.29 is 19.2 Å². The number of carbonyl (C=O) groups is 1. The van der Waals surface area contributed by atoms with Gasteiger partial charge in [-0.15, -0.1) is 0 Å². The fraction of sp³-hybridized carbons (Fsp3) is 0.391. The highest BCUT2D eigenvalue weighted by atomic mass is 35.5. The van der Waals surface area contributed by atoms with Gasteiger partial charge >= 0.3 is 0 Å². The summed E-state index contributed by atoms with van der Waals surface area (Å²) in [5, 5.41) is 12.3. The number of amides is 1. The molecule has 0 aliphatic carbocycles. The van der Waals surface area contributed by atoms with Crippen LogP contribution in [0.5, 0.6) is 11.5 Å². The molecule has 3 heterocycles. The Morgan fingerprint density at radius 3 is 2.74 bits per heavy atom. The van der Waals surface area contributed by atoms with E-state index in [4.69, 9.17) is 21.1 Å². The van der Waals surface area contributed by atoms with Crippen LogP contribution in [0.4, 0.5) is 5.69 Å². The maximum Gasteiger partial charge on any atom is 0.286 e. The minimum atomic E-state index is -0.564. The molecule has 0 atom stereocenters. The highest BCUT2D eigenvalue weighted by Crippen LogP contribution is 2.35. The molecule has 2 aromatic heterocycles. The first-order valence-corrected chi connectivity index (χ1v) is 11.4. The van der Waals surface area contributed by atoms with Crippen molar-refractivity contribution in [3.63, 3.8) is 0 Å². The molecule has 3 aromatic rings. The van der Waals surface area contributed by atoms with Crippen LogP contribution >= 0.6 is 11.6 Å². The molecule has 1 fully saturated rings. The Morgan fingerprint density at radius 2 is 2.00 bits per heavy atom. The number of methoxy groups -OCH3 is 1. The van der Waals surface area contributed by atoms with E-state index < -0.39 is 4.92 Å². The van der Waals surface area contributed by atoms with Crippen molar-refractivity contribution in [3.8, 4) is 11.5 Å². The van der Waals surface area contributed by atoms with Gasteiger partial charge in [-0.3, -0.25) is 19.8 Å². The minimum Gasteiger partial charge on any atom is -0.493 e. The Morgan fingerprint density at radius 1 is 1.18 bits per heavy atom. The molecule has 1 aromatic carbocycles. The first-order valence-electron chi connectivity index (χ1n) is 11.0. The number of aromatic nitrogens is 2. The standard InChI is InChI=1S/C23H26ClN5O5/c1-3-34-21-11-18(19(29(31)32)12-20(21)33-2)23(30)27-8-4-7-26(9-10-27)14-17-15-28-13-16(24)5-6-22(28)25-17/h5-6,11-13,15H,3-4,7-10,14H2,1-2H3. The maximum atomic E-state index is 13.3. The molecule has 0 saturated carbocycles. The number of rotatable bonds is 7. The van der Waals surface area contributed by atoms with Crippen molar-refractivity contribution in [2.24, 2.45) is 0 Å². The van der Waals surface area contributed by atoms with Crippen LogP contribution in [0, 0.1) is 10.1 Å². The number of benzene rings is 1. The van der Waals surface area contributed by atoms with E-state index in [0.717, 1.165) is 24.3 Å². The second-order valence-electron chi connectivity index (χ2n) is 7.98. The van der Waals surface area contributed by atoms with Gasteiger partial charge in [0.15, 0.2) is 11.5 Å². The van der Waals surface area contributed by atoms with Gasteiger partial charge in [-0.05, 0) is 25.5 Å². The SMILES string of the molecule is CCOc1cc(C(=O)N2CCCN(Cc3cn4cc(Cl)ccc4n3)CC2)c([N+](=O)[O-])cc1OC. The van der Waals surface area contributed by atoms with Gasteiger partial charge in [-0.2, -0.15) is 0 Å². The predicted octanol–water partition coefficient (Wildman–Crippen LogP) is 3.65. The van der Waals surface area contributed by atoms with Gasteiger partial charge in [-0.25, -0.2) is 4.98 Å². The molecule has 34 heavy (non-hydrogen) atoms. The number of nitro groups is 1. The zero-order chi connectivity index (χ0) is 24.2. The predicted molar refractivity (Wildman–Crippen MR) is 127 cm³/mol. The topological polar surface area (TPSA) is 102 Å². The summed E-state index contributed by atoms with van der Waals surface area (Å²) >= 11 is 6.06. The second kappa shape index (κ2) is 10.3. The maximum absolute atomic E-state index is 13.3. The molecule has 4 rings (SSSR count). The average Bonchev–Trinajstić information content (AvgIpc) is 3.06. The molecule has 1 amide bonds. The van der Waals surface area contributed by atoms with Crippen molar-refractivity contribution in [3.05, 3.63) is 63.1 Å². The van der Waals surface area contributed by atoms with Gasteiger partial charge in [-0.1, -0.05) is 11.6 Å². The zero-order valence-corrected chi connectivity index (χ0v) is 19.8. The lowest BCUT2D eigenvalue weighted by Crippen LogP contribution is -2.35. The van der Waals surface area contributed by atoms with Crippen LogP contribution < -0.4 is 9.47 Å². The van der Waals surface area contributed by atoms with Crippen LogP contribution in [0.3, 0.4) is 0 Å². The summed E-state index contributed by atoms with van der Waals surface area (Å²) in [7, 11) is 1.41. The van der Waals surface area contributed by atoms with E-state index in [-0.39, 0.29) is 22.9 Å². The number of ether oxygens (including phenoxy) is 2. The fourth-order valence-electron chi connectivity index (χ4n) is 4.12. The van der Waals surface area contributed by atoms with Crippen LogP contribution in [-0.4, -0.2) is 69.9 Å². The second-order valence-corrected chi connectivity index (χ2v) is 8.41. The molecular formula is C23H26ClN5O5. The number of hydrogen-bond donors (Lipinski definition) is 0. The van der Waals surface area contributed by atoms with Gasteiger partial charge in [0.1, 0.15) is 11.2 Å². The monoisotopic (exact) mass is 487 g/mol. The molecule has 1 saturated heterocycles. The fourth-order valence-corrected chi connectivity index (χ4v) is 4.29. The molecule has 0 unspecified atom stereocenters. The molecule has 0 bridgehead atoms. The van der Waals surface area contributed by atoms with E-state index in [2.05, 4.69) is 9.88 Å². The average molecular weight is 488 g/mol. The Hall–Kier alpha value is -3.37. The molecule has 0 spiro atoms. The molecule has 11 heteroatoms. The molecule has 1 aliphatic heterocycles. The van der Waals surface area contributed by atoms with Crippen molar-refractivity contribution in [2.75, 3.05) is 39.9 Å². The number of hydrogen-bond acceptors (Lipinski definition) is 7. The third-order valence-electron chi connectivity index (χ3n) is 5.74. The molecule has 180 valence electrons. The van der Waals surface area contributed by atoms with Crippen LogP contribution in [0.15, 0.2) is 36.7 Å². The Bertz CT molecular complexity index is 1210. The van der Waals surface area contributed by atoms with Gasteiger partial charge < -0.3 is 18.8 Å². The largest absolute Gasteiger partial charge is 0.493 e. The number of pyridine rings is 1. The van der Waals surface area contributed by atoms with Crippen LogP contribution in [0.25, 0.3) is 5.65 Å². The quantitative estimate of drug-likeness (QED) is 0.370. The van der Waals surface area contributed by atoms with Crippen LogP contribution in [0.1, 0.15) is 29.4 Å². The van der Waals surface area contributed by atoms with Gasteiger partial charge in [0.05, 0.1) is 35.4 Å². The first kappa shape index (κ1) is 23.8. The molecular weight excluding hydrogens is 462 g/mol. The number of fused-ring (bicyclic) bond motifs is 1. The third-order valence-corrected chi connectivity index (χ3v) is 5.96. The van der Waals surface area contributed by atoms with E-state index in [0.29, 0.717) is 43.6 Å². The summed E-state index contributed by atoms with van der Waals surface area (Å²) in [5.74, 6) is 0.141. The van der Waals surface area contributed by atoms with Crippen molar-refractivity contribution >= 4 is 28.8 Å². The number of nitrogens with zero attached hydrogens (tertiary/aromatic N) is 5. The smallest absolute Gasteiger partial charge is 0.286 e. The van der Waals surface area contributed by atoms with Crippen molar-refractivity contribution in [2.45, 2.75) is 19.9 Å². The minimum absolute atomic E-state index is 0.0000652. The van der Waals surface area contributed by atoms with Crippen LogP contribution in [-0.2, 0) is 6.54 Å². The Kier molecular flexibility index (Phi) is 7.18. The van der Waals surface area contributed by atoms with E-state index in [9.17, 15) is 14.9 Å². The Labute approximate surface area is 201 Å². The number of carbonyl (C=O) groups excluding carboxylic acids is 1. The molecule has 0 N–H and O–H groups in total. The normalized spacial score (nSPS) is 14.7. The summed E-state index contributed by atoms with van der Waals surface area (Å²) in [6, 6.07) is 6.33. The Balaban J connectivity index is 1.49. The van der Waals surface area contributed by atoms with Gasteiger partial charge in [0.25, 0.3) is 11.6 Å².